The molecule has 3 amide bonds. The van der Waals surface area contributed by atoms with Crippen molar-refractivity contribution >= 4 is 23.4 Å². The molecule has 3 heterocycles. The number of amides is 3. The molecule has 4 rings (SSSR count). The summed E-state index contributed by atoms with van der Waals surface area (Å²) in [4.78, 5) is 43.0. The number of likely N-dealkylation sites (tertiary alicyclic amines) is 1. The van der Waals surface area contributed by atoms with Crippen molar-refractivity contribution in [1.82, 2.24) is 10.2 Å². The molecule has 3 aliphatic heterocycles. The van der Waals surface area contributed by atoms with Gasteiger partial charge in [0.1, 0.15) is 17.4 Å². The van der Waals surface area contributed by atoms with Crippen molar-refractivity contribution in [3.8, 4) is 5.75 Å². The number of rotatable bonds is 13. The van der Waals surface area contributed by atoms with Crippen molar-refractivity contribution in [2.24, 2.45) is 11.8 Å². The molecule has 0 radical (unpaired) electrons. The normalized spacial score (nSPS) is 29.9. The SMILES string of the molecule is CCCNC(=O)[C@H]1[C@H]2C(=O)N(CCCCCCO)C(C(=O)Nc3ccc(OC)cc3)C23CC[C@]1(CC)O3. The Morgan fingerprint density at radius 2 is 1.84 bits per heavy atom. The van der Waals surface area contributed by atoms with Crippen LogP contribution in [-0.4, -0.2) is 71.8 Å². The molecule has 2 bridgehead atoms. The largest absolute Gasteiger partial charge is 0.497 e. The molecule has 9 heteroatoms. The van der Waals surface area contributed by atoms with Crippen LogP contribution in [0, 0.1) is 11.8 Å². The second-order valence-electron chi connectivity index (χ2n) is 10.5. The van der Waals surface area contributed by atoms with E-state index in [1.54, 1.807) is 36.3 Å². The number of hydrogen-bond donors (Lipinski definition) is 3. The lowest BCUT2D eigenvalue weighted by molar-refractivity contribution is -0.146. The number of benzene rings is 1. The molecule has 9 nitrogen and oxygen atoms in total. The molecular formula is C28H41N3O6. The second kappa shape index (κ2) is 11.4. The predicted octanol–water partition coefficient (Wildman–Crippen LogP) is 2.87. The number of fused-ring (bicyclic) bond motifs is 1. The topological polar surface area (TPSA) is 117 Å². The quantitative estimate of drug-likeness (QED) is 0.348. The zero-order valence-electron chi connectivity index (χ0n) is 22.3. The summed E-state index contributed by atoms with van der Waals surface area (Å²) in [7, 11) is 1.58. The molecule has 0 aliphatic carbocycles. The first-order valence-electron chi connectivity index (χ1n) is 13.7. The fourth-order valence-corrected chi connectivity index (χ4v) is 6.65. The van der Waals surface area contributed by atoms with Gasteiger partial charge in [0.15, 0.2) is 0 Å². The number of unbranched alkanes of at least 4 members (excludes halogenated alkanes) is 3. The summed E-state index contributed by atoms with van der Waals surface area (Å²) in [6.07, 6.45) is 5.74. The first-order chi connectivity index (χ1) is 17.9. The van der Waals surface area contributed by atoms with E-state index in [0.717, 1.165) is 19.3 Å². The third kappa shape index (κ3) is 4.83. The van der Waals surface area contributed by atoms with Gasteiger partial charge in [0.2, 0.25) is 17.7 Å². The number of methoxy groups -OCH3 is 1. The van der Waals surface area contributed by atoms with E-state index in [0.29, 0.717) is 56.6 Å². The van der Waals surface area contributed by atoms with Crippen molar-refractivity contribution in [3.63, 3.8) is 0 Å². The first kappa shape index (κ1) is 27.4. The van der Waals surface area contributed by atoms with E-state index in [9.17, 15) is 14.4 Å². The van der Waals surface area contributed by atoms with Crippen molar-refractivity contribution in [2.45, 2.75) is 82.5 Å². The molecule has 5 atom stereocenters. The van der Waals surface area contributed by atoms with E-state index in [4.69, 9.17) is 14.6 Å². The standard InChI is InChI=1S/C28H41N3O6/c1-4-16-29-24(33)21-22-26(35)31(17-8-6-7-9-18-32)23(28(22)15-14-27(21,5-2)37-28)25(34)30-19-10-12-20(36-3)13-11-19/h10-13,21-23,32H,4-9,14-18H2,1-3H3,(H,29,33)(H,30,34)/t21-,22+,23?,27+,28?/m1/s1. The van der Waals surface area contributed by atoms with Crippen LogP contribution in [0.15, 0.2) is 24.3 Å². The molecule has 37 heavy (non-hydrogen) atoms. The Bertz CT molecular complexity index is 985. The molecule has 1 aromatic rings. The van der Waals surface area contributed by atoms with Crippen LogP contribution in [-0.2, 0) is 19.1 Å². The minimum Gasteiger partial charge on any atom is -0.497 e. The maximum atomic E-state index is 14.0. The van der Waals surface area contributed by atoms with Gasteiger partial charge in [-0.2, -0.15) is 0 Å². The van der Waals surface area contributed by atoms with Gasteiger partial charge in [0, 0.05) is 25.4 Å². The lowest BCUT2D eigenvalue weighted by Crippen LogP contribution is -2.53. The van der Waals surface area contributed by atoms with Gasteiger partial charge in [-0.15, -0.1) is 0 Å². The Hall–Kier alpha value is -2.65. The minimum absolute atomic E-state index is 0.141. The molecular weight excluding hydrogens is 474 g/mol. The number of hydrogen-bond acceptors (Lipinski definition) is 6. The first-order valence-corrected chi connectivity index (χ1v) is 13.7. The smallest absolute Gasteiger partial charge is 0.250 e. The number of anilines is 1. The molecule has 3 saturated heterocycles. The fourth-order valence-electron chi connectivity index (χ4n) is 6.65. The van der Waals surface area contributed by atoms with Gasteiger partial charge in [0.25, 0.3) is 0 Å². The summed E-state index contributed by atoms with van der Waals surface area (Å²) in [6, 6.07) is 6.26. The van der Waals surface area contributed by atoms with Gasteiger partial charge in [0.05, 0.1) is 24.5 Å². The minimum atomic E-state index is -1.02. The second-order valence-corrected chi connectivity index (χ2v) is 10.5. The Morgan fingerprint density at radius 3 is 2.49 bits per heavy atom. The summed E-state index contributed by atoms with van der Waals surface area (Å²) in [5, 5.41) is 15.1. The third-order valence-electron chi connectivity index (χ3n) is 8.43. The number of ether oxygens (including phenoxy) is 2. The average Bonchev–Trinajstić information content (AvgIpc) is 3.51. The molecule has 1 aromatic carbocycles. The van der Waals surface area contributed by atoms with Crippen LogP contribution < -0.4 is 15.4 Å². The lowest BCUT2D eigenvalue weighted by atomic mass is 9.65. The number of aliphatic hydroxyl groups is 1. The summed E-state index contributed by atoms with van der Waals surface area (Å²) >= 11 is 0. The van der Waals surface area contributed by atoms with Crippen LogP contribution >= 0.6 is 0 Å². The van der Waals surface area contributed by atoms with Gasteiger partial charge >= 0.3 is 0 Å². The van der Waals surface area contributed by atoms with Crippen molar-refractivity contribution in [2.75, 3.05) is 32.1 Å². The van der Waals surface area contributed by atoms with Gasteiger partial charge in [-0.05, 0) is 62.8 Å². The highest BCUT2D eigenvalue weighted by atomic mass is 16.5. The van der Waals surface area contributed by atoms with Crippen molar-refractivity contribution in [1.29, 1.82) is 0 Å². The van der Waals surface area contributed by atoms with Crippen LogP contribution in [0.25, 0.3) is 0 Å². The molecule has 1 spiro atoms. The number of nitrogens with zero attached hydrogens (tertiary/aromatic N) is 1. The molecule has 3 aliphatic rings. The van der Waals surface area contributed by atoms with E-state index in [-0.39, 0.29) is 24.3 Å². The summed E-state index contributed by atoms with van der Waals surface area (Å²) in [5.41, 5.74) is -1.15. The Labute approximate surface area is 219 Å². The van der Waals surface area contributed by atoms with E-state index in [1.165, 1.54) is 0 Å². The van der Waals surface area contributed by atoms with E-state index in [2.05, 4.69) is 10.6 Å². The van der Waals surface area contributed by atoms with Crippen molar-refractivity contribution in [3.05, 3.63) is 24.3 Å². The number of carbonyl (C=O) groups is 3. The highest BCUT2D eigenvalue weighted by Crippen LogP contribution is 2.64. The van der Waals surface area contributed by atoms with E-state index < -0.39 is 29.1 Å². The highest BCUT2D eigenvalue weighted by molar-refractivity contribution is 6.03. The zero-order chi connectivity index (χ0) is 26.6. The van der Waals surface area contributed by atoms with Crippen LogP contribution in [0.2, 0.25) is 0 Å². The molecule has 2 unspecified atom stereocenters. The third-order valence-corrected chi connectivity index (χ3v) is 8.43. The molecule has 3 N–H and O–H groups in total. The van der Waals surface area contributed by atoms with Gasteiger partial charge < -0.3 is 30.1 Å². The zero-order valence-corrected chi connectivity index (χ0v) is 22.3. The fraction of sp³-hybridized carbons (Fsp3) is 0.679. The summed E-state index contributed by atoms with van der Waals surface area (Å²) < 4.78 is 12.0. The molecule has 3 fully saturated rings. The molecule has 204 valence electrons. The Kier molecular flexibility index (Phi) is 8.43. The predicted molar refractivity (Wildman–Crippen MR) is 139 cm³/mol. The number of aliphatic hydroxyl groups excluding tert-OH is 1. The van der Waals surface area contributed by atoms with Crippen LogP contribution in [0.1, 0.15) is 65.2 Å². The van der Waals surface area contributed by atoms with E-state index in [1.807, 2.05) is 13.8 Å². The maximum Gasteiger partial charge on any atom is 0.250 e. The average molecular weight is 516 g/mol. The van der Waals surface area contributed by atoms with Crippen molar-refractivity contribution < 1.29 is 29.0 Å². The van der Waals surface area contributed by atoms with Gasteiger partial charge in [-0.1, -0.05) is 26.7 Å². The lowest BCUT2D eigenvalue weighted by Gasteiger charge is -2.34. The molecule has 0 aromatic heterocycles. The van der Waals surface area contributed by atoms with Crippen LogP contribution in [0.5, 0.6) is 5.75 Å². The molecule has 0 saturated carbocycles. The van der Waals surface area contributed by atoms with E-state index >= 15 is 0 Å². The summed E-state index contributed by atoms with van der Waals surface area (Å²) in [5.74, 6) is -1.21. The number of carbonyl (C=O) groups excluding carboxylic acids is 3. The summed E-state index contributed by atoms with van der Waals surface area (Å²) in [6.45, 7) is 5.08. The maximum absolute atomic E-state index is 14.0. The van der Waals surface area contributed by atoms with Gasteiger partial charge in [-0.3, -0.25) is 14.4 Å². The Balaban J connectivity index is 1.65. The monoisotopic (exact) mass is 515 g/mol. The van der Waals surface area contributed by atoms with Crippen LogP contribution in [0.3, 0.4) is 0 Å². The van der Waals surface area contributed by atoms with Crippen LogP contribution in [0.4, 0.5) is 5.69 Å². The Morgan fingerprint density at radius 1 is 1.11 bits per heavy atom. The highest BCUT2D eigenvalue weighted by Gasteiger charge is 2.78. The van der Waals surface area contributed by atoms with Gasteiger partial charge in [-0.25, -0.2) is 0 Å². The number of nitrogens with one attached hydrogen (secondary N) is 2.